The second-order valence-electron chi connectivity index (χ2n) is 3.70. The van der Waals surface area contributed by atoms with Gasteiger partial charge in [-0.1, -0.05) is 6.07 Å². The molecule has 4 nitrogen and oxygen atoms in total. The molecule has 0 saturated carbocycles. The van der Waals surface area contributed by atoms with Crippen LogP contribution in [-0.2, 0) is 9.84 Å². The zero-order chi connectivity index (χ0) is 11.5. The molecule has 1 aromatic heterocycles. The number of sulfone groups is 1. The van der Waals surface area contributed by atoms with Gasteiger partial charge in [-0.05, 0) is 25.0 Å². The number of rotatable bonds is 4. The van der Waals surface area contributed by atoms with Gasteiger partial charge < -0.3 is 5.73 Å². The van der Waals surface area contributed by atoms with Crippen molar-refractivity contribution in [3.8, 4) is 0 Å². The van der Waals surface area contributed by atoms with E-state index in [2.05, 4.69) is 4.98 Å². The highest BCUT2D eigenvalue weighted by Crippen LogP contribution is 2.16. The molecule has 0 aliphatic heterocycles. The average Bonchev–Trinajstić information content (AvgIpc) is 2.14. The first-order valence-electron chi connectivity index (χ1n) is 4.75. The predicted octanol–water partition coefficient (Wildman–Crippen LogP) is 0.825. The summed E-state index contributed by atoms with van der Waals surface area (Å²) in [6.07, 6.45) is 3.35. The van der Waals surface area contributed by atoms with Gasteiger partial charge in [-0.25, -0.2) is 8.42 Å². The number of hydrogen-bond acceptors (Lipinski definition) is 4. The molecule has 0 amide bonds. The SMILES string of the molecule is Cc1ncccc1C(N)CCS(C)(=O)=O. The lowest BCUT2D eigenvalue weighted by Crippen LogP contribution is -2.16. The minimum atomic E-state index is -2.94. The van der Waals surface area contributed by atoms with E-state index in [0.29, 0.717) is 6.42 Å². The highest BCUT2D eigenvalue weighted by atomic mass is 32.2. The predicted molar refractivity (Wildman–Crippen MR) is 60.2 cm³/mol. The first-order valence-corrected chi connectivity index (χ1v) is 6.81. The number of hydrogen-bond donors (Lipinski definition) is 1. The Balaban J connectivity index is 2.70. The van der Waals surface area contributed by atoms with Crippen LogP contribution < -0.4 is 5.73 Å². The molecule has 1 atom stereocenters. The van der Waals surface area contributed by atoms with Crippen molar-refractivity contribution in [3.63, 3.8) is 0 Å². The fourth-order valence-corrected chi connectivity index (χ4v) is 2.07. The van der Waals surface area contributed by atoms with Crippen LogP contribution in [-0.4, -0.2) is 25.4 Å². The third-order valence-electron chi connectivity index (χ3n) is 2.25. The van der Waals surface area contributed by atoms with Crippen molar-refractivity contribution in [2.45, 2.75) is 19.4 Å². The first kappa shape index (κ1) is 12.1. The van der Waals surface area contributed by atoms with Crippen LogP contribution in [0.25, 0.3) is 0 Å². The number of aryl methyl sites for hydroxylation is 1. The number of nitrogens with zero attached hydrogens (tertiary/aromatic N) is 1. The van der Waals surface area contributed by atoms with E-state index in [1.165, 1.54) is 6.26 Å². The minimum absolute atomic E-state index is 0.114. The van der Waals surface area contributed by atoms with Crippen molar-refractivity contribution in [2.24, 2.45) is 5.73 Å². The zero-order valence-corrected chi connectivity index (χ0v) is 9.79. The molecule has 0 fully saturated rings. The maximum atomic E-state index is 11.0. The van der Waals surface area contributed by atoms with Gasteiger partial charge in [0.25, 0.3) is 0 Å². The molecule has 0 saturated heterocycles. The van der Waals surface area contributed by atoms with Crippen LogP contribution in [0.5, 0.6) is 0 Å². The van der Waals surface area contributed by atoms with Crippen LogP contribution >= 0.6 is 0 Å². The maximum Gasteiger partial charge on any atom is 0.147 e. The molecular formula is C10H16N2O2S. The van der Waals surface area contributed by atoms with Crippen molar-refractivity contribution >= 4 is 9.84 Å². The second-order valence-corrected chi connectivity index (χ2v) is 5.96. The molecule has 1 aromatic rings. The van der Waals surface area contributed by atoms with Crippen molar-refractivity contribution in [1.29, 1.82) is 0 Å². The molecule has 0 aliphatic carbocycles. The van der Waals surface area contributed by atoms with Crippen molar-refractivity contribution < 1.29 is 8.42 Å². The number of pyridine rings is 1. The van der Waals surface area contributed by atoms with E-state index in [1.807, 2.05) is 19.1 Å². The van der Waals surface area contributed by atoms with Crippen LogP contribution in [0.3, 0.4) is 0 Å². The fourth-order valence-electron chi connectivity index (χ4n) is 1.39. The summed E-state index contributed by atoms with van der Waals surface area (Å²) in [7, 11) is -2.94. The van der Waals surface area contributed by atoms with Gasteiger partial charge in [0.05, 0.1) is 5.75 Å². The lowest BCUT2D eigenvalue weighted by molar-refractivity contribution is 0.591. The Morgan fingerprint density at radius 1 is 1.53 bits per heavy atom. The Bertz CT molecular complexity index is 429. The highest BCUT2D eigenvalue weighted by Gasteiger charge is 2.12. The fraction of sp³-hybridized carbons (Fsp3) is 0.500. The summed E-state index contributed by atoms with van der Waals surface area (Å²) in [4.78, 5) is 4.12. The van der Waals surface area contributed by atoms with E-state index in [9.17, 15) is 8.42 Å². The lowest BCUT2D eigenvalue weighted by Gasteiger charge is -2.12. The molecule has 1 rings (SSSR count). The minimum Gasteiger partial charge on any atom is -0.324 e. The van der Waals surface area contributed by atoms with Gasteiger partial charge in [-0.2, -0.15) is 0 Å². The Morgan fingerprint density at radius 2 is 2.20 bits per heavy atom. The Labute approximate surface area is 90.4 Å². The molecule has 2 N–H and O–H groups in total. The third kappa shape index (κ3) is 3.97. The lowest BCUT2D eigenvalue weighted by atomic mass is 10.0. The molecule has 15 heavy (non-hydrogen) atoms. The molecule has 5 heteroatoms. The van der Waals surface area contributed by atoms with Gasteiger partial charge in [0.2, 0.25) is 0 Å². The monoisotopic (exact) mass is 228 g/mol. The van der Waals surface area contributed by atoms with E-state index in [0.717, 1.165) is 11.3 Å². The van der Waals surface area contributed by atoms with Crippen LogP contribution in [0.2, 0.25) is 0 Å². The molecule has 0 bridgehead atoms. The van der Waals surface area contributed by atoms with Gasteiger partial charge in [-0.3, -0.25) is 4.98 Å². The van der Waals surface area contributed by atoms with Gasteiger partial charge in [0.15, 0.2) is 0 Å². The smallest absolute Gasteiger partial charge is 0.147 e. The summed E-state index contributed by atoms with van der Waals surface area (Å²) in [6, 6.07) is 3.44. The Hall–Kier alpha value is -0.940. The zero-order valence-electron chi connectivity index (χ0n) is 8.97. The average molecular weight is 228 g/mol. The Morgan fingerprint density at radius 3 is 2.73 bits per heavy atom. The summed E-state index contributed by atoms with van der Waals surface area (Å²) in [5.74, 6) is 0.114. The molecule has 0 aliphatic rings. The molecule has 0 spiro atoms. The third-order valence-corrected chi connectivity index (χ3v) is 3.22. The van der Waals surface area contributed by atoms with E-state index < -0.39 is 9.84 Å². The Kier molecular flexibility index (Phi) is 3.82. The van der Waals surface area contributed by atoms with Crippen molar-refractivity contribution in [1.82, 2.24) is 4.98 Å². The standard InChI is InChI=1S/C10H16N2O2S/c1-8-9(4-3-6-12-8)10(11)5-7-15(2,13)14/h3-4,6,10H,5,7,11H2,1-2H3. The largest absolute Gasteiger partial charge is 0.324 e. The number of nitrogens with two attached hydrogens (primary N) is 1. The first-order chi connectivity index (χ1) is 6.90. The summed E-state index contributed by atoms with van der Waals surface area (Å²) in [5, 5.41) is 0. The van der Waals surface area contributed by atoms with Crippen LogP contribution in [0.15, 0.2) is 18.3 Å². The normalized spacial score (nSPS) is 13.8. The van der Waals surface area contributed by atoms with Crippen LogP contribution in [0.4, 0.5) is 0 Å². The van der Waals surface area contributed by atoms with E-state index in [1.54, 1.807) is 6.20 Å². The van der Waals surface area contributed by atoms with Crippen molar-refractivity contribution in [3.05, 3.63) is 29.6 Å². The highest BCUT2D eigenvalue weighted by molar-refractivity contribution is 7.90. The van der Waals surface area contributed by atoms with Gasteiger partial charge in [-0.15, -0.1) is 0 Å². The summed E-state index contributed by atoms with van der Waals surface area (Å²) >= 11 is 0. The second kappa shape index (κ2) is 4.72. The van der Waals surface area contributed by atoms with Gasteiger partial charge in [0, 0.05) is 24.2 Å². The maximum absolute atomic E-state index is 11.0. The molecule has 0 radical (unpaired) electrons. The molecule has 1 unspecified atom stereocenters. The van der Waals surface area contributed by atoms with E-state index in [4.69, 9.17) is 5.73 Å². The van der Waals surface area contributed by atoms with Gasteiger partial charge >= 0.3 is 0 Å². The molecule has 0 aromatic carbocycles. The van der Waals surface area contributed by atoms with Crippen molar-refractivity contribution in [2.75, 3.05) is 12.0 Å². The quantitative estimate of drug-likeness (QED) is 0.828. The van der Waals surface area contributed by atoms with E-state index in [-0.39, 0.29) is 11.8 Å². The topological polar surface area (TPSA) is 73.0 Å². The molecular weight excluding hydrogens is 212 g/mol. The van der Waals surface area contributed by atoms with Crippen LogP contribution in [0.1, 0.15) is 23.7 Å². The molecule has 84 valence electrons. The molecule has 1 heterocycles. The van der Waals surface area contributed by atoms with Gasteiger partial charge in [0.1, 0.15) is 9.84 Å². The summed E-state index contributed by atoms with van der Waals surface area (Å²) in [5.41, 5.74) is 7.68. The van der Waals surface area contributed by atoms with E-state index >= 15 is 0 Å². The number of aromatic nitrogens is 1. The summed E-state index contributed by atoms with van der Waals surface area (Å²) in [6.45, 7) is 1.87. The van der Waals surface area contributed by atoms with Crippen LogP contribution in [0, 0.1) is 6.92 Å². The summed E-state index contributed by atoms with van der Waals surface area (Å²) < 4.78 is 22.0.